The van der Waals surface area contributed by atoms with Gasteiger partial charge in [0.1, 0.15) is 18.4 Å². The Bertz CT molecular complexity index is 1580. The monoisotopic (exact) mass is 837 g/mol. The second-order valence-electron chi connectivity index (χ2n) is 17.3. The fourth-order valence-corrected chi connectivity index (χ4v) is 6.81. The van der Waals surface area contributed by atoms with Gasteiger partial charge in [-0.1, -0.05) is 64.8 Å². The maximum atomic E-state index is 14.3. The van der Waals surface area contributed by atoms with Crippen molar-refractivity contribution in [1.82, 2.24) is 20.9 Å². The molecule has 1 aromatic rings. The number of esters is 1. The molecule has 4 atom stereocenters. The average molecular weight is 838 g/mol. The molecule has 1 fully saturated rings. The number of imide groups is 1. The molecule has 1 heterocycles. The second kappa shape index (κ2) is 24.0. The summed E-state index contributed by atoms with van der Waals surface area (Å²) in [5, 5.41) is 7.72. The molecule has 0 aromatic heterocycles. The summed E-state index contributed by atoms with van der Waals surface area (Å²) in [6.45, 7) is 12.8. The molecule has 13 nitrogen and oxygen atoms in total. The van der Waals surface area contributed by atoms with Gasteiger partial charge in [0.15, 0.2) is 5.78 Å². The second-order valence-corrected chi connectivity index (χ2v) is 17.3. The lowest BCUT2D eigenvalue weighted by atomic mass is 9.88. The van der Waals surface area contributed by atoms with Crippen LogP contribution in [0.25, 0.3) is 0 Å². The summed E-state index contributed by atoms with van der Waals surface area (Å²) in [5.41, 5.74) is 6.10. The Kier molecular flexibility index (Phi) is 20.7. The van der Waals surface area contributed by atoms with Crippen molar-refractivity contribution in [3.05, 3.63) is 35.4 Å². The quantitative estimate of drug-likeness (QED) is 0.0496. The van der Waals surface area contributed by atoms with E-state index in [1.54, 1.807) is 58.9 Å². The van der Waals surface area contributed by atoms with E-state index in [1.165, 1.54) is 4.90 Å². The molecule has 59 heavy (non-hydrogen) atoms. The molecule has 0 aliphatic carbocycles. The van der Waals surface area contributed by atoms with Crippen molar-refractivity contribution >= 4 is 41.3 Å². The Hall–Kier alpha value is -4.34. The van der Waals surface area contributed by atoms with E-state index in [1.807, 2.05) is 13.8 Å². The number of unbranched alkanes of at least 4 members (excludes halogenated alkanes) is 2. The maximum Gasteiger partial charge on any atom is 0.403 e. The lowest BCUT2D eigenvalue weighted by Crippen LogP contribution is -2.53. The van der Waals surface area contributed by atoms with Gasteiger partial charge in [-0.15, -0.1) is 0 Å². The number of Topliss-reactive ketones (excluding diaryl/α,β-unsaturated/α-hetero) is 2. The van der Waals surface area contributed by atoms with Gasteiger partial charge in [0, 0.05) is 57.2 Å². The molecule has 1 aromatic carbocycles. The number of nitrogens with one attached hydrogen (secondary N) is 3. The predicted molar refractivity (Wildman–Crippen MR) is 216 cm³/mol. The molecule has 1 aliphatic rings. The number of alkyl halides is 3. The Morgan fingerprint density at radius 1 is 0.864 bits per heavy atom. The van der Waals surface area contributed by atoms with Gasteiger partial charge in [0.25, 0.3) is 0 Å². The topological polar surface area (TPSA) is 194 Å². The van der Waals surface area contributed by atoms with Crippen molar-refractivity contribution in [3.63, 3.8) is 0 Å². The largest absolute Gasteiger partial charge is 0.460 e. The fraction of sp³-hybridized carbons (Fsp3) is 0.698. The molecule has 1 aliphatic heterocycles. The Morgan fingerprint density at radius 2 is 1.49 bits per heavy atom. The van der Waals surface area contributed by atoms with E-state index in [4.69, 9.17) is 10.5 Å². The molecule has 0 spiro atoms. The van der Waals surface area contributed by atoms with Crippen LogP contribution in [0, 0.1) is 29.1 Å². The van der Waals surface area contributed by atoms with Crippen LogP contribution in [0.4, 0.5) is 18.0 Å². The summed E-state index contributed by atoms with van der Waals surface area (Å²) >= 11 is 0. The summed E-state index contributed by atoms with van der Waals surface area (Å²) < 4.78 is 48.2. The lowest BCUT2D eigenvalue weighted by Gasteiger charge is -2.30. The van der Waals surface area contributed by atoms with Crippen LogP contribution in [0.3, 0.4) is 0 Å². The minimum Gasteiger partial charge on any atom is -0.460 e. The van der Waals surface area contributed by atoms with Crippen molar-refractivity contribution in [3.8, 4) is 0 Å². The zero-order chi connectivity index (χ0) is 44.5. The van der Waals surface area contributed by atoms with E-state index in [-0.39, 0.29) is 113 Å². The number of hydrogen-bond acceptors (Lipinski definition) is 9. The summed E-state index contributed by atoms with van der Waals surface area (Å²) in [6, 6.07) is 3.18. The third-order valence-corrected chi connectivity index (χ3v) is 10.4. The number of rotatable bonds is 26. The number of benzene rings is 1. The number of primary amides is 1. The number of nitrogens with two attached hydrogens (primary N) is 1. The minimum atomic E-state index is -4.67. The van der Waals surface area contributed by atoms with Crippen molar-refractivity contribution in [2.75, 3.05) is 19.6 Å². The van der Waals surface area contributed by atoms with Crippen LogP contribution in [-0.4, -0.2) is 84.1 Å². The number of nitrogens with zero attached hydrogens (tertiary/aromatic N) is 1. The summed E-state index contributed by atoms with van der Waals surface area (Å²) in [5.74, 6) is -3.73. The van der Waals surface area contributed by atoms with Crippen LogP contribution in [0.5, 0.6) is 0 Å². The van der Waals surface area contributed by atoms with Gasteiger partial charge in [-0.3, -0.25) is 39.0 Å². The van der Waals surface area contributed by atoms with Gasteiger partial charge in [0.2, 0.25) is 17.7 Å². The summed E-state index contributed by atoms with van der Waals surface area (Å²) in [4.78, 5) is 89.0. The molecule has 5 N–H and O–H groups in total. The van der Waals surface area contributed by atoms with Crippen molar-refractivity contribution in [2.24, 2.45) is 34.8 Å². The number of amides is 5. The normalized spacial score (nSPS) is 16.3. The first-order valence-corrected chi connectivity index (χ1v) is 20.8. The third kappa shape index (κ3) is 18.2. The van der Waals surface area contributed by atoms with Gasteiger partial charge in [-0.25, -0.2) is 4.79 Å². The lowest BCUT2D eigenvalue weighted by molar-refractivity contribution is -0.161. The van der Waals surface area contributed by atoms with Crippen molar-refractivity contribution in [1.29, 1.82) is 0 Å². The molecule has 1 unspecified atom stereocenters. The highest BCUT2D eigenvalue weighted by atomic mass is 19.4. The molecular weight excluding hydrogens is 771 g/mol. The van der Waals surface area contributed by atoms with Crippen LogP contribution in [-0.2, 0) is 46.5 Å². The molecule has 1 saturated heterocycles. The standard InChI is InChI=1S/C43H66F3N5O8/c1-27(2)33-25-36(54)51(39(33)56)22-10-8-9-15-35(43(44,45)46)50-37(28(3)4)34(53)24-31(13-11-21-49-41(47)58)38(55)48-20-12-14-32(52)23-29-16-18-30(19-17-29)26-59-40(57)42(5,6)7/h16-19,27-28,31,33,35,37,50H,8-15,20-26H2,1-7H3,(H,48,55)(H3,47,49,58)/t31-,33?,35+,37+/m1/s1. The van der Waals surface area contributed by atoms with Crippen LogP contribution < -0.4 is 21.7 Å². The van der Waals surface area contributed by atoms with Crippen LogP contribution >= 0.6 is 0 Å². The van der Waals surface area contributed by atoms with E-state index in [0.717, 1.165) is 11.1 Å². The number of likely N-dealkylation sites (tertiary alicyclic amines) is 1. The Labute approximate surface area is 346 Å². The number of hydrogen-bond donors (Lipinski definition) is 4. The van der Waals surface area contributed by atoms with Gasteiger partial charge in [-0.2, -0.15) is 13.2 Å². The average Bonchev–Trinajstić information content (AvgIpc) is 3.42. The third-order valence-electron chi connectivity index (χ3n) is 10.4. The number of ketones is 2. The number of halogens is 3. The number of ether oxygens (including phenoxy) is 1. The number of urea groups is 1. The van der Waals surface area contributed by atoms with Gasteiger partial charge < -0.3 is 21.1 Å². The smallest absolute Gasteiger partial charge is 0.403 e. The molecule has 0 radical (unpaired) electrons. The SMILES string of the molecule is CC(C)C1CC(=O)N(CCCCC[C@H](N[C@H](C(=O)C[C@@H](CCCNC(N)=O)C(=O)NCCCC(=O)Cc2ccc(COC(=O)C(C)(C)C)cc2)C(C)C)C(F)(F)F)C1=O. The van der Waals surface area contributed by atoms with E-state index < -0.39 is 53.2 Å². The van der Waals surface area contributed by atoms with Crippen molar-refractivity contribution in [2.45, 2.75) is 144 Å². The zero-order valence-electron chi connectivity index (χ0n) is 35.8. The molecule has 332 valence electrons. The van der Waals surface area contributed by atoms with E-state index in [9.17, 15) is 46.7 Å². The summed E-state index contributed by atoms with van der Waals surface area (Å²) in [6.07, 6.45) is -3.25. The molecule has 0 bridgehead atoms. The van der Waals surface area contributed by atoms with Gasteiger partial charge in [-0.05, 0) is 75.8 Å². The fourth-order valence-electron chi connectivity index (χ4n) is 6.81. The number of carbonyl (C=O) groups is 7. The minimum absolute atomic E-state index is 0.0143. The molecule has 5 amide bonds. The molecule has 2 rings (SSSR count). The highest BCUT2D eigenvalue weighted by molar-refractivity contribution is 6.03. The van der Waals surface area contributed by atoms with E-state index >= 15 is 0 Å². The van der Waals surface area contributed by atoms with Gasteiger partial charge >= 0.3 is 18.2 Å². The van der Waals surface area contributed by atoms with E-state index in [2.05, 4.69) is 16.0 Å². The van der Waals surface area contributed by atoms with E-state index in [0.29, 0.717) is 19.3 Å². The zero-order valence-corrected chi connectivity index (χ0v) is 35.8. The first kappa shape index (κ1) is 50.8. The Morgan fingerprint density at radius 3 is 2.05 bits per heavy atom. The van der Waals surface area contributed by atoms with Crippen molar-refractivity contribution < 1.29 is 51.5 Å². The van der Waals surface area contributed by atoms with Crippen LogP contribution in [0.15, 0.2) is 24.3 Å². The molecule has 0 saturated carbocycles. The van der Waals surface area contributed by atoms with Crippen LogP contribution in [0.1, 0.15) is 124 Å². The maximum absolute atomic E-state index is 14.3. The molecular formula is C43H66F3N5O8. The molecule has 16 heteroatoms. The highest BCUT2D eigenvalue weighted by Crippen LogP contribution is 2.29. The predicted octanol–water partition coefficient (Wildman–Crippen LogP) is 5.94. The van der Waals surface area contributed by atoms with Gasteiger partial charge in [0.05, 0.1) is 11.5 Å². The Balaban J connectivity index is 1.94. The highest BCUT2D eigenvalue weighted by Gasteiger charge is 2.43. The number of carbonyl (C=O) groups excluding carboxylic acids is 7. The first-order valence-electron chi connectivity index (χ1n) is 20.8. The first-order chi connectivity index (χ1) is 27.5. The summed E-state index contributed by atoms with van der Waals surface area (Å²) in [7, 11) is 0. The van der Waals surface area contributed by atoms with Crippen LogP contribution in [0.2, 0.25) is 0 Å².